The van der Waals surface area contributed by atoms with Gasteiger partial charge in [-0.15, -0.1) is 6.42 Å². The number of nitrogen functional groups attached to an aromatic ring is 1. The summed E-state index contributed by atoms with van der Waals surface area (Å²) in [6.07, 6.45) is 26.3. The molecule has 42 heavy (non-hydrogen) atoms. The number of rotatable bonds is 21. The molecule has 1 aliphatic rings. The van der Waals surface area contributed by atoms with Crippen molar-refractivity contribution in [2.45, 2.75) is 147 Å². The first-order valence-corrected chi connectivity index (χ1v) is 16.0. The number of unbranched alkanes of at least 4 members (excludes halogenated alkanes) is 16. The number of esters is 1. The van der Waals surface area contributed by atoms with Gasteiger partial charge in [-0.3, -0.25) is 9.36 Å². The first-order chi connectivity index (χ1) is 20.4. The van der Waals surface area contributed by atoms with Crippen LogP contribution >= 0.6 is 0 Å². The lowest BCUT2D eigenvalue weighted by molar-refractivity contribution is -0.156. The number of imidazole rings is 1. The Morgan fingerprint density at radius 2 is 1.60 bits per heavy atom. The summed E-state index contributed by atoms with van der Waals surface area (Å²) in [6, 6.07) is 0. The van der Waals surface area contributed by atoms with E-state index in [0.717, 1.165) is 19.3 Å². The molecule has 2 aromatic heterocycles. The van der Waals surface area contributed by atoms with Crippen LogP contribution in [0.1, 0.15) is 135 Å². The number of aliphatic hydroxyl groups is 1. The Kier molecular flexibility index (Phi) is 14.5. The number of carbonyl (C=O) groups excluding carboxylic acids is 1. The number of halogens is 1. The Morgan fingerprint density at radius 1 is 1.05 bits per heavy atom. The Hall–Kier alpha value is -2.77. The first kappa shape index (κ1) is 33.7. The van der Waals surface area contributed by atoms with Crippen molar-refractivity contribution in [3.63, 3.8) is 0 Å². The lowest BCUT2D eigenvalue weighted by Gasteiger charge is -2.26. The van der Waals surface area contributed by atoms with Crippen molar-refractivity contribution >= 4 is 23.0 Å². The molecule has 2 aromatic rings. The largest absolute Gasteiger partial charge is 0.461 e. The average Bonchev–Trinajstić information content (AvgIpc) is 3.54. The highest BCUT2D eigenvalue weighted by atomic mass is 19.1. The van der Waals surface area contributed by atoms with Gasteiger partial charge in [-0.2, -0.15) is 14.4 Å². The van der Waals surface area contributed by atoms with Gasteiger partial charge in [0.15, 0.2) is 22.6 Å². The van der Waals surface area contributed by atoms with Crippen molar-refractivity contribution in [2.24, 2.45) is 0 Å². The molecular formula is C32H50FN5O4. The van der Waals surface area contributed by atoms with Crippen molar-refractivity contribution < 1.29 is 23.8 Å². The van der Waals surface area contributed by atoms with Crippen LogP contribution in [0.25, 0.3) is 11.2 Å². The predicted octanol–water partition coefficient (Wildman–Crippen LogP) is 6.78. The fourth-order valence-electron chi connectivity index (χ4n) is 5.60. The summed E-state index contributed by atoms with van der Waals surface area (Å²) >= 11 is 0. The molecular weight excluding hydrogens is 537 g/mol. The quantitative estimate of drug-likeness (QED) is 0.0708. The number of hydrogen-bond donors (Lipinski definition) is 2. The normalized spacial score (nSPS) is 20.2. The molecule has 3 unspecified atom stereocenters. The Bertz CT molecular complexity index is 1140. The highest BCUT2D eigenvalue weighted by Gasteiger charge is 2.49. The van der Waals surface area contributed by atoms with E-state index in [2.05, 4.69) is 27.8 Å². The first-order valence-electron chi connectivity index (χ1n) is 16.0. The van der Waals surface area contributed by atoms with Crippen LogP contribution in [-0.4, -0.2) is 48.9 Å². The molecule has 1 aliphatic heterocycles. The van der Waals surface area contributed by atoms with Crippen LogP contribution in [0.15, 0.2) is 6.33 Å². The minimum absolute atomic E-state index is 0.0813. The van der Waals surface area contributed by atoms with E-state index in [1.54, 1.807) is 0 Å². The molecule has 9 nitrogen and oxygen atoms in total. The summed E-state index contributed by atoms with van der Waals surface area (Å²) in [5.41, 5.74) is 4.55. The number of nitrogens with zero attached hydrogens (tertiary/aromatic N) is 4. The molecule has 234 valence electrons. The summed E-state index contributed by atoms with van der Waals surface area (Å²) in [7, 11) is 0. The number of aromatic nitrogens is 4. The molecule has 0 spiro atoms. The minimum atomic E-state index is -1.53. The third-order valence-electron chi connectivity index (χ3n) is 8.22. The number of hydrogen-bond acceptors (Lipinski definition) is 8. The van der Waals surface area contributed by atoms with E-state index < -0.39 is 24.0 Å². The Morgan fingerprint density at radius 3 is 2.14 bits per heavy atom. The van der Waals surface area contributed by atoms with Crippen molar-refractivity contribution in [1.82, 2.24) is 19.5 Å². The fourth-order valence-corrected chi connectivity index (χ4v) is 5.60. The monoisotopic (exact) mass is 587 g/mol. The number of ether oxygens (including phenoxy) is 2. The predicted molar refractivity (Wildman–Crippen MR) is 162 cm³/mol. The standard InChI is InChI=1S/C32H50FN5O4/c1-3-5-6-7-8-9-10-11-12-13-14-15-16-17-18-19-20-21-27(40)41-23-32(4-2)25(39)22-26(42-32)38-24-35-28-29(34)36-31(33)37-30(28)38/h2,24-26,39H,3,5-23H2,1H3,(H2,34,36,37). The summed E-state index contributed by atoms with van der Waals surface area (Å²) in [5.74, 6) is 1.98. The molecule has 1 fully saturated rings. The molecule has 0 aromatic carbocycles. The van der Waals surface area contributed by atoms with Crippen LogP contribution < -0.4 is 5.73 Å². The SMILES string of the molecule is C#CC1(COC(=O)CCCCCCCCCCCCCCCCCCC)OC(n2cnc3c(N)nc(F)nc32)CC1O. The van der Waals surface area contributed by atoms with E-state index >= 15 is 0 Å². The lowest BCUT2D eigenvalue weighted by Crippen LogP contribution is -2.43. The highest BCUT2D eigenvalue weighted by molar-refractivity contribution is 5.81. The molecule has 3 rings (SSSR count). The number of terminal acetylenes is 1. The third kappa shape index (κ3) is 10.2. The van der Waals surface area contributed by atoms with Crippen molar-refractivity contribution in [1.29, 1.82) is 0 Å². The van der Waals surface area contributed by atoms with Gasteiger partial charge in [0, 0.05) is 12.8 Å². The molecule has 0 aliphatic carbocycles. The lowest BCUT2D eigenvalue weighted by atomic mass is 9.99. The van der Waals surface area contributed by atoms with Crippen molar-refractivity contribution in [2.75, 3.05) is 12.3 Å². The average molecular weight is 588 g/mol. The van der Waals surface area contributed by atoms with Gasteiger partial charge in [-0.1, -0.05) is 116 Å². The van der Waals surface area contributed by atoms with Gasteiger partial charge in [0.1, 0.15) is 18.9 Å². The van der Waals surface area contributed by atoms with Crippen LogP contribution in [0.2, 0.25) is 0 Å². The van der Waals surface area contributed by atoms with E-state index in [4.69, 9.17) is 21.6 Å². The minimum Gasteiger partial charge on any atom is -0.461 e. The Labute approximate surface area is 250 Å². The summed E-state index contributed by atoms with van der Waals surface area (Å²) in [4.78, 5) is 23.7. The van der Waals surface area contributed by atoms with Gasteiger partial charge < -0.3 is 20.3 Å². The molecule has 0 saturated carbocycles. The summed E-state index contributed by atoms with van der Waals surface area (Å²) in [5, 5.41) is 10.7. The second kappa shape index (κ2) is 18.0. The van der Waals surface area contributed by atoms with Crippen LogP contribution in [-0.2, 0) is 14.3 Å². The number of nitrogens with two attached hydrogens (primary N) is 1. The zero-order valence-corrected chi connectivity index (χ0v) is 25.4. The topological polar surface area (TPSA) is 125 Å². The van der Waals surface area contributed by atoms with Crippen molar-refractivity contribution in [3.8, 4) is 12.3 Å². The maximum atomic E-state index is 13.7. The van der Waals surface area contributed by atoms with E-state index in [9.17, 15) is 14.3 Å². The molecule has 1 saturated heterocycles. The number of fused-ring (bicyclic) bond motifs is 1. The van der Waals surface area contributed by atoms with Gasteiger partial charge in [0.05, 0.1) is 6.33 Å². The van der Waals surface area contributed by atoms with Crippen molar-refractivity contribution in [3.05, 3.63) is 12.4 Å². The maximum absolute atomic E-state index is 13.7. The molecule has 3 heterocycles. The molecule has 3 atom stereocenters. The van der Waals surface area contributed by atoms with Crippen LogP contribution in [0.5, 0.6) is 0 Å². The molecule has 0 radical (unpaired) electrons. The molecule has 10 heteroatoms. The van der Waals surface area contributed by atoms with Gasteiger partial charge in [-0.25, -0.2) is 4.98 Å². The summed E-state index contributed by atoms with van der Waals surface area (Å²) in [6.45, 7) is 1.98. The smallest absolute Gasteiger partial charge is 0.312 e. The van der Waals surface area contributed by atoms with E-state index in [0.29, 0.717) is 6.42 Å². The van der Waals surface area contributed by atoms with Gasteiger partial charge >= 0.3 is 12.0 Å². The second-order valence-corrected chi connectivity index (χ2v) is 11.6. The third-order valence-corrected chi connectivity index (χ3v) is 8.22. The van der Waals surface area contributed by atoms with E-state index in [1.165, 1.54) is 101 Å². The number of aliphatic hydroxyl groups excluding tert-OH is 1. The molecule has 0 bridgehead atoms. The maximum Gasteiger partial charge on any atom is 0.312 e. The van der Waals surface area contributed by atoms with Gasteiger partial charge in [0.2, 0.25) is 0 Å². The van der Waals surface area contributed by atoms with Crippen LogP contribution in [0.4, 0.5) is 10.2 Å². The Balaban J connectivity index is 1.23. The summed E-state index contributed by atoms with van der Waals surface area (Å²) < 4.78 is 26.6. The second-order valence-electron chi connectivity index (χ2n) is 11.6. The van der Waals surface area contributed by atoms with E-state index in [-0.39, 0.29) is 36.0 Å². The van der Waals surface area contributed by atoms with E-state index in [1.807, 2.05) is 0 Å². The number of carbonyl (C=O) groups is 1. The van der Waals surface area contributed by atoms with Gasteiger partial charge in [0.25, 0.3) is 0 Å². The van der Waals surface area contributed by atoms with Crippen LogP contribution in [0.3, 0.4) is 0 Å². The van der Waals surface area contributed by atoms with Crippen LogP contribution in [0, 0.1) is 18.4 Å². The van der Waals surface area contributed by atoms with Gasteiger partial charge in [-0.05, 0) is 6.42 Å². The molecule has 0 amide bonds. The fraction of sp³-hybridized carbons (Fsp3) is 0.750. The zero-order valence-electron chi connectivity index (χ0n) is 25.4. The highest BCUT2D eigenvalue weighted by Crippen LogP contribution is 2.38. The molecule has 3 N–H and O–H groups in total. The zero-order chi connectivity index (χ0) is 30.2. The number of anilines is 1.